The van der Waals surface area contributed by atoms with Crippen LogP contribution in [0.4, 0.5) is 0 Å². The molecule has 0 fully saturated rings. The first-order valence-corrected chi connectivity index (χ1v) is 5.62. The van der Waals surface area contributed by atoms with Gasteiger partial charge in [-0.05, 0) is 0 Å². The van der Waals surface area contributed by atoms with Gasteiger partial charge in [0.15, 0.2) is 9.84 Å². The molecule has 0 saturated carbocycles. The van der Waals surface area contributed by atoms with Crippen molar-refractivity contribution in [1.82, 2.24) is 0 Å². The molecule has 1 N–H and O–H groups in total. The molecule has 0 aliphatic heterocycles. The largest absolute Gasteiger partial charge is 0.411 e. The SMILES string of the molecule is CC(C)(C)C(CS(C)(=O)=O)=NO. The summed E-state index contributed by atoms with van der Waals surface area (Å²) in [6, 6.07) is 0. The first-order valence-electron chi connectivity index (χ1n) is 3.56. The van der Waals surface area contributed by atoms with E-state index in [9.17, 15) is 8.42 Å². The Hall–Kier alpha value is -0.580. The van der Waals surface area contributed by atoms with Gasteiger partial charge in [-0.1, -0.05) is 25.9 Å². The summed E-state index contributed by atoms with van der Waals surface area (Å²) in [5.41, 5.74) is -0.123. The minimum atomic E-state index is -3.11. The van der Waals surface area contributed by atoms with Crippen LogP contribution in [0, 0.1) is 5.41 Å². The van der Waals surface area contributed by atoms with Gasteiger partial charge < -0.3 is 5.21 Å². The van der Waals surface area contributed by atoms with E-state index >= 15 is 0 Å². The minimum Gasteiger partial charge on any atom is -0.411 e. The Morgan fingerprint density at radius 2 is 1.83 bits per heavy atom. The predicted octanol–water partition coefficient (Wildman–Crippen LogP) is 0.907. The lowest BCUT2D eigenvalue weighted by atomic mass is 9.91. The Balaban J connectivity index is 4.66. The van der Waals surface area contributed by atoms with E-state index in [4.69, 9.17) is 5.21 Å². The Morgan fingerprint density at radius 3 is 1.92 bits per heavy atom. The zero-order valence-corrected chi connectivity index (χ0v) is 8.64. The lowest BCUT2D eigenvalue weighted by Crippen LogP contribution is -2.27. The van der Waals surface area contributed by atoms with E-state index in [0.29, 0.717) is 0 Å². The molecular formula is C7H15NO3S. The molecule has 0 saturated heterocycles. The van der Waals surface area contributed by atoms with E-state index in [-0.39, 0.29) is 11.5 Å². The van der Waals surface area contributed by atoms with Crippen LogP contribution in [0.1, 0.15) is 20.8 Å². The van der Waals surface area contributed by atoms with Crippen LogP contribution in [0.3, 0.4) is 0 Å². The summed E-state index contributed by atoms with van der Waals surface area (Å²) in [5, 5.41) is 11.5. The van der Waals surface area contributed by atoms with E-state index in [0.717, 1.165) is 6.26 Å². The average Bonchev–Trinajstić information content (AvgIpc) is 1.78. The van der Waals surface area contributed by atoms with E-state index < -0.39 is 15.3 Å². The Labute approximate surface area is 73.2 Å². The average molecular weight is 193 g/mol. The third kappa shape index (κ3) is 4.33. The molecule has 72 valence electrons. The highest BCUT2D eigenvalue weighted by atomic mass is 32.2. The summed E-state index contributed by atoms with van der Waals surface area (Å²) in [6.07, 6.45) is 1.12. The smallest absolute Gasteiger partial charge is 0.152 e. The maximum atomic E-state index is 10.9. The molecule has 0 aromatic rings. The molecule has 0 atom stereocenters. The normalized spacial score (nSPS) is 14.8. The molecule has 0 aromatic carbocycles. The summed E-state index contributed by atoms with van der Waals surface area (Å²) in [4.78, 5) is 0. The fourth-order valence-electron chi connectivity index (χ4n) is 0.644. The van der Waals surface area contributed by atoms with Gasteiger partial charge in [0.2, 0.25) is 0 Å². The second-order valence-electron chi connectivity index (χ2n) is 3.87. The van der Waals surface area contributed by atoms with Crippen molar-refractivity contribution in [3.8, 4) is 0 Å². The summed E-state index contributed by atoms with van der Waals surface area (Å²) < 4.78 is 21.7. The standard InChI is InChI=1S/C7H15NO3S/c1-7(2,3)6(8-9)5-12(4,10)11/h9H,5H2,1-4H3. The zero-order valence-electron chi connectivity index (χ0n) is 7.83. The van der Waals surface area contributed by atoms with Gasteiger partial charge in [-0.25, -0.2) is 8.42 Å². The van der Waals surface area contributed by atoms with Crippen molar-refractivity contribution >= 4 is 15.5 Å². The number of hydrogen-bond acceptors (Lipinski definition) is 4. The number of oxime groups is 1. The highest BCUT2D eigenvalue weighted by Gasteiger charge is 2.23. The number of rotatable bonds is 2. The number of nitrogens with zero attached hydrogens (tertiary/aromatic N) is 1. The third-order valence-electron chi connectivity index (χ3n) is 1.39. The van der Waals surface area contributed by atoms with Gasteiger partial charge in [0.1, 0.15) is 0 Å². The molecule has 4 nitrogen and oxygen atoms in total. The van der Waals surface area contributed by atoms with E-state index in [1.165, 1.54) is 0 Å². The van der Waals surface area contributed by atoms with Gasteiger partial charge in [0.25, 0.3) is 0 Å². The fraction of sp³-hybridized carbons (Fsp3) is 0.857. The Morgan fingerprint density at radius 1 is 1.42 bits per heavy atom. The predicted molar refractivity (Wildman–Crippen MR) is 48.4 cm³/mol. The molecule has 0 radical (unpaired) electrons. The molecular weight excluding hydrogens is 178 g/mol. The Bertz CT molecular complexity index is 272. The Kier molecular flexibility index (Phi) is 3.26. The first kappa shape index (κ1) is 11.4. The number of hydrogen-bond donors (Lipinski definition) is 1. The van der Waals surface area contributed by atoms with Crippen LogP contribution in [-0.4, -0.2) is 31.3 Å². The second-order valence-corrected chi connectivity index (χ2v) is 6.01. The molecule has 12 heavy (non-hydrogen) atoms. The molecule has 0 aliphatic carbocycles. The molecule has 0 heterocycles. The maximum absolute atomic E-state index is 10.9. The van der Waals surface area contributed by atoms with E-state index in [1.807, 2.05) is 0 Å². The van der Waals surface area contributed by atoms with Gasteiger partial charge in [0.05, 0.1) is 11.5 Å². The van der Waals surface area contributed by atoms with E-state index in [2.05, 4.69) is 5.16 Å². The van der Waals surface area contributed by atoms with Gasteiger partial charge >= 0.3 is 0 Å². The zero-order chi connectivity index (χ0) is 9.99. The van der Waals surface area contributed by atoms with Crippen molar-refractivity contribution in [3.05, 3.63) is 0 Å². The monoisotopic (exact) mass is 193 g/mol. The molecule has 0 aromatic heterocycles. The van der Waals surface area contributed by atoms with E-state index in [1.54, 1.807) is 20.8 Å². The van der Waals surface area contributed by atoms with Crippen molar-refractivity contribution in [2.24, 2.45) is 10.6 Å². The topological polar surface area (TPSA) is 66.7 Å². The van der Waals surface area contributed by atoms with Crippen LogP contribution >= 0.6 is 0 Å². The molecule has 0 unspecified atom stereocenters. The first-order chi connectivity index (χ1) is 5.17. The molecule has 0 bridgehead atoms. The summed E-state index contributed by atoms with van der Waals surface area (Å²) in [6.45, 7) is 5.40. The number of sulfone groups is 1. The van der Waals surface area contributed by atoms with Crippen LogP contribution < -0.4 is 0 Å². The summed E-state index contributed by atoms with van der Waals surface area (Å²) >= 11 is 0. The third-order valence-corrected chi connectivity index (χ3v) is 2.18. The molecule has 0 aliphatic rings. The van der Waals surface area contributed by atoms with Crippen LogP contribution in [0.15, 0.2) is 5.16 Å². The van der Waals surface area contributed by atoms with Crippen molar-refractivity contribution in [2.45, 2.75) is 20.8 Å². The lowest BCUT2D eigenvalue weighted by molar-refractivity contribution is 0.310. The molecule has 0 amide bonds. The maximum Gasteiger partial charge on any atom is 0.152 e. The second kappa shape index (κ2) is 3.43. The van der Waals surface area contributed by atoms with Crippen LogP contribution in [-0.2, 0) is 9.84 Å². The fourth-order valence-corrected chi connectivity index (χ4v) is 1.63. The van der Waals surface area contributed by atoms with Gasteiger partial charge in [-0.15, -0.1) is 0 Å². The van der Waals surface area contributed by atoms with Crippen molar-refractivity contribution in [2.75, 3.05) is 12.0 Å². The van der Waals surface area contributed by atoms with Crippen molar-refractivity contribution in [3.63, 3.8) is 0 Å². The van der Waals surface area contributed by atoms with Crippen LogP contribution in [0.5, 0.6) is 0 Å². The highest BCUT2D eigenvalue weighted by molar-refractivity contribution is 7.91. The molecule has 5 heteroatoms. The minimum absolute atomic E-state index is 0.188. The molecule has 0 spiro atoms. The van der Waals surface area contributed by atoms with Crippen molar-refractivity contribution in [1.29, 1.82) is 0 Å². The quantitative estimate of drug-likeness (QED) is 0.402. The van der Waals surface area contributed by atoms with Gasteiger partial charge in [0, 0.05) is 11.7 Å². The van der Waals surface area contributed by atoms with Gasteiger partial charge in [-0.3, -0.25) is 0 Å². The summed E-state index contributed by atoms with van der Waals surface area (Å²) in [7, 11) is -3.11. The van der Waals surface area contributed by atoms with Gasteiger partial charge in [-0.2, -0.15) is 0 Å². The highest BCUT2D eigenvalue weighted by Crippen LogP contribution is 2.16. The van der Waals surface area contributed by atoms with Crippen molar-refractivity contribution < 1.29 is 13.6 Å². The van der Waals surface area contributed by atoms with Crippen LogP contribution in [0.2, 0.25) is 0 Å². The lowest BCUT2D eigenvalue weighted by Gasteiger charge is -2.18. The summed E-state index contributed by atoms with van der Waals surface area (Å²) in [5.74, 6) is -0.188. The van der Waals surface area contributed by atoms with Crippen LogP contribution in [0.25, 0.3) is 0 Å². The molecule has 0 rings (SSSR count).